The summed E-state index contributed by atoms with van der Waals surface area (Å²) in [7, 11) is 0. The Balaban J connectivity index is 1.95. The molecule has 1 aromatic carbocycles. The van der Waals surface area contributed by atoms with Crippen molar-refractivity contribution in [2.24, 2.45) is 5.92 Å². The monoisotopic (exact) mass is 289 g/mol. The molecule has 1 fully saturated rings. The number of benzene rings is 1. The summed E-state index contributed by atoms with van der Waals surface area (Å²) in [5.41, 5.74) is 2.07. The number of carbonyl (C=O) groups excluding carboxylic acids is 1. The van der Waals surface area contributed by atoms with E-state index in [0.29, 0.717) is 5.92 Å². The zero-order valence-electron chi connectivity index (χ0n) is 13.4. The van der Waals surface area contributed by atoms with Crippen molar-refractivity contribution in [1.29, 1.82) is 0 Å². The Morgan fingerprint density at radius 1 is 1.29 bits per heavy atom. The molecule has 0 bridgehead atoms. The number of piperidine rings is 1. The van der Waals surface area contributed by atoms with E-state index in [2.05, 4.69) is 48.4 Å². The van der Waals surface area contributed by atoms with Gasteiger partial charge in [-0.2, -0.15) is 0 Å². The number of anilines is 2. The van der Waals surface area contributed by atoms with Gasteiger partial charge in [0, 0.05) is 24.5 Å². The van der Waals surface area contributed by atoms with Crippen molar-refractivity contribution in [2.45, 2.75) is 39.7 Å². The zero-order valence-corrected chi connectivity index (χ0v) is 13.4. The van der Waals surface area contributed by atoms with Crippen molar-refractivity contribution >= 4 is 17.3 Å². The largest absolute Gasteiger partial charge is 0.372 e. The Hall–Kier alpha value is -1.55. The molecule has 1 saturated heterocycles. The Morgan fingerprint density at radius 2 is 1.95 bits per heavy atom. The van der Waals surface area contributed by atoms with Crippen molar-refractivity contribution in [3.8, 4) is 0 Å². The molecule has 2 rings (SSSR count). The van der Waals surface area contributed by atoms with Gasteiger partial charge in [-0.15, -0.1) is 0 Å². The van der Waals surface area contributed by atoms with Crippen LogP contribution in [0.5, 0.6) is 0 Å². The minimum atomic E-state index is -0.0591. The Bertz CT molecular complexity index is 454. The molecule has 4 heteroatoms. The molecule has 0 radical (unpaired) electrons. The van der Waals surface area contributed by atoms with Gasteiger partial charge in [0.05, 0.1) is 6.04 Å². The molecule has 1 aliphatic rings. The normalized spacial score (nSPS) is 21.9. The van der Waals surface area contributed by atoms with Gasteiger partial charge in [0.25, 0.3) is 0 Å². The number of nitrogens with zero attached hydrogens (tertiary/aromatic N) is 1. The van der Waals surface area contributed by atoms with Gasteiger partial charge < -0.3 is 15.5 Å². The minimum absolute atomic E-state index is 0.0591. The van der Waals surface area contributed by atoms with Gasteiger partial charge >= 0.3 is 0 Å². The molecule has 21 heavy (non-hydrogen) atoms. The number of rotatable bonds is 5. The standard InChI is InChI=1S/C17H27N3O/c1-4-20(5-2)15-8-6-14(7-9-15)19-17(21)16-12-13(3)10-11-18-16/h6-9,13,16,18H,4-5,10-12H2,1-3H3,(H,19,21). The second-order valence-electron chi connectivity index (χ2n) is 5.84. The van der Waals surface area contributed by atoms with E-state index in [9.17, 15) is 4.79 Å². The first kappa shape index (κ1) is 15.8. The van der Waals surface area contributed by atoms with E-state index in [1.54, 1.807) is 0 Å². The molecule has 1 aromatic rings. The van der Waals surface area contributed by atoms with Gasteiger partial charge in [0.2, 0.25) is 5.91 Å². The smallest absolute Gasteiger partial charge is 0.241 e. The van der Waals surface area contributed by atoms with Crippen LogP contribution >= 0.6 is 0 Å². The van der Waals surface area contributed by atoms with Gasteiger partial charge in [-0.1, -0.05) is 6.92 Å². The summed E-state index contributed by atoms with van der Waals surface area (Å²) in [5.74, 6) is 0.698. The molecule has 116 valence electrons. The van der Waals surface area contributed by atoms with Crippen molar-refractivity contribution in [1.82, 2.24) is 5.32 Å². The van der Waals surface area contributed by atoms with Crippen molar-refractivity contribution in [2.75, 3.05) is 29.9 Å². The van der Waals surface area contributed by atoms with Crippen LogP contribution < -0.4 is 15.5 Å². The lowest BCUT2D eigenvalue weighted by atomic mass is 9.94. The fourth-order valence-corrected chi connectivity index (χ4v) is 2.88. The first-order valence-corrected chi connectivity index (χ1v) is 8.03. The maximum absolute atomic E-state index is 12.3. The second-order valence-corrected chi connectivity index (χ2v) is 5.84. The maximum atomic E-state index is 12.3. The lowest BCUT2D eigenvalue weighted by molar-refractivity contribution is -0.119. The number of hydrogen-bond donors (Lipinski definition) is 2. The van der Waals surface area contributed by atoms with Gasteiger partial charge in [0.1, 0.15) is 0 Å². The zero-order chi connectivity index (χ0) is 15.2. The van der Waals surface area contributed by atoms with Crippen LogP contribution in [0.15, 0.2) is 24.3 Å². The van der Waals surface area contributed by atoms with Crippen LogP contribution in [0.1, 0.15) is 33.6 Å². The summed E-state index contributed by atoms with van der Waals surface area (Å²) in [4.78, 5) is 14.5. The third-order valence-corrected chi connectivity index (χ3v) is 4.25. The Morgan fingerprint density at radius 3 is 2.52 bits per heavy atom. The van der Waals surface area contributed by atoms with Gasteiger partial charge in [0.15, 0.2) is 0 Å². The molecular formula is C17H27N3O. The first-order chi connectivity index (χ1) is 10.1. The van der Waals surface area contributed by atoms with Crippen LogP contribution in [-0.2, 0) is 4.79 Å². The van der Waals surface area contributed by atoms with E-state index in [1.165, 1.54) is 5.69 Å². The molecule has 0 saturated carbocycles. The predicted octanol–water partition coefficient (Wildman–Crippen LogP) is 2.86. The van der Waals surface area contributed by atoms with Gasteiger partial charge in [-0.25, -0.2) is 0 Å². The fourth-order valence-electron chi connectivity index (χ4n) is 2.88. The van der Waals surface area contributed by atoms with Crippen LogP contribution in [0.4, 0.5) is 11.4 Å². The molecule has 2 unspecified atom stereocenters. The predicted molar refractivity (Wildman–Crippen MR) is 88.8 cm³/mol. The SMILES string of the molecule is CCN(CC)c1ccc(NC(=O)C2CC(C)CCN2)cc1. The molecule has 0 spiro atoms. The summed E-state index contributed by atoms with van der Waals surface area (Å²) < 4.78 is 0. The molecule has 0 aromatic heterocycles. The van der Waals surface area contributed by atoms with Crippen molar-refractivity contribution in [3.63, 3.8) is 0 Å². The topological polar surface area (TPSA) is 44.4 Å². The lowest BCUT2D eigenvalue weighted by Crippen LogP contribution is -2.45. The number of amides is 1. The highest BCUT2D eigenvalue weighted by molar-refractivity contribution is 5.95. The quantitative estimate of drug-likeness (QED) is 0.876. The third kappa shape index (κ3) is 4.21. The molecule has 4 nitrogen and oxygen atoms in total. The first-order valence-electron chi connectivity index (χ1n) is 8.03. The van der Waals surface area contributed by atoms with Gasteiger partial charge in [-0.05, 0) is 63.4 Å². The molecule has 2 N–H and O–H groups in total. The van der Waals surface area contributed by atoms with Gasteiger partial charge in [-0.3, -0.25) is 4.79 Å². The van der Waals surface area contributed by atoms with E-state index in [-0.39, 0.29) is 11.9 Å². The van der Waals surface area contributed by atoms with E-state index >= 15 is 0 Å². The van der Waals surface area contributed by atoms with E-state index in [1.807, 2.05) is 12.1 Å². The van der Waals surface area contributed by atoms with E-state index < -0.39 is 0 Å². The summed E-state index contributed by atoms with van der Waals surface area (Å²) in [5, 5.41) is 6.31. The summed E-state index contributed by atoms with van der Waals surface area (Å²) in [6.07, 6.45) is 2.08. The minimum Gasteiger partial charge on any atom is -0.372 e. The highest BCUT2D eigenvalue weighted by atomic mass is 16.2. The van der Waals surface area contributed by atoms with Crippen molar-refractivity contribution < 1.29 is 4.79 Å². The van der Waals surface area contributed by atoms with E-state index in [4.69, 9.17) is 0 Å². The van der Waals surface area contributed by atoms with Crippen LogP contribution in [0.2, 0.25) is 0 Å². The highest BCUT2D eigenvalue weighted by Crippen LogP contribution is 2.19. The molecular weight excluding hydrogens is 262 g/mol. The average Bonchev–Trinajstić information content (AvgIpc) is 2.50. The third-order valence-electron chi connectivity index (χ3n) is 4.25. The van der Waals surface area contributed by atoms with Crippen LogP contribution in [-0.4, -0.2) is 31.6 Å². The second kappa shape index (κ2) is 7.46. The Labute approximate surface area is 127 Å². The number of nitrogens with one attached hydrogen (secondary N) is 2. The summed E-state index contributed by atoms with van der Waals surface area (Å²) in [6.45, 7) is 9.42. The molecule has 1 amide bonds. The maximum Gasteiger partial charge on any atom is 0.241 e. The van der Waals surface area contributed by atoms with Crippen LogP contribution in [0.25, 0.3) is 0 Å². The Kier molecular flexibility index (Phi) is 5.62. The summed E-state index contributed by atoms with van der Waals surface area (Å²) >= 11 is 0. The molecule has 1 heterocycles. The molecule has 1 aliphatic heterocycles. The lowest BCUT2D eigenvalue weighted by Gasteiger charge is -2.27. The summed E-state index contributed by atoms with van der Waals surface area (Å²) in [6, 6.07) is 8.05. The molecule has 0 aliphatic carbocycles. The van der Waals surface area contributed by atoms with Crippen molar-refractivity contribution in [3.05, 3.63) is 24.3 Å². The average molecular weight is 289 g/mol. The number of carbonyl (C=O) groups is 1. The molecule has 2 atom stereocenters. The fraction of sp³-hybridized carbons (Fsp3) is 0.588. The van der Waals surface area contributed by atoms with E-state index in [0.717, 1.165) is 38.2 Å². The van der Waals surface area contributed by atoms with Crippen LogP contribution in [0.3, 0.4) is 0 Å². The van der Waals surface area contributed by atoms with Crippen LogP contribution in [0, 0.1) is 5.92 Å². The number of hydrogen-bond acceptors (Lipinski definition) is 3. The highest BCUT2D eigenvalue weighted by Gasteiger charge is 2.24.